The van der Waals surface area contributed by atoms with E-state index in [9.17, 15) is 4.79 Å². The lowest BCUT2D eigenvalue weighted by Crippen LogP contribution is -2.53. The van der Waals surface area contributed by atoms with Gasteiger partial charge in [-0.3, -0.25) is 4.79 Å². The second-order valence-corrected chi connectivity index (χ2v) is 9.23. The second-order valence-electron chi connectivity index (χ2n) is 9.23. The number of ketones is 1. The molecule has 0 aromatic heterocycles. The van der Waals surface area contributed by atoms with Gasteiger partial charge in [-0.05, 0) is 80.5 Å². The maximum atomic E-state index is 12.4. The number of rotatable bonds is 1. The van der Waals surface area contributed by atoms with Crippen LogP contribution in [0.1, 0.15) is 71.6 Å². The van der Waals surface area contributed by atoms with E-state index < -0.39 is 0 Å². The molecule has 4 unspecified atom stereocenters. The molecule has 23 heavy (non-hydrogen) atoms. The number of carbonyl (C=O) groups is 1. The molecule has 0 aromatic rings. The Morgan fingerprint density at radius 3 is 2.65 bits per heavy atom. The number of fused-ring (bicyclic) bond motifs is 5. The lowest BCUT2D eigenvalue weighted by Gasteiger charge is -2.60. The van der Waals surface area contributed by atoms with E-state index in [-0.39, 0.29) is 5.41 Å². The molecule has 4 nitrogen and oxygen atoms in total. The molecule has 0 spiro atoms. The fourth-order valence-corrected chi connectivity index (χ4v) is 7.21. The third-order valence-electron chi connectivity index (χ3n) is 8.58. The Balaban J connectivity index is 1.58. The van der Waals surface area contributed by atoms with E-state index in [4.69, 9.17) is 5.84 Å². The summed E-state index contributed by atoms with van der Waals surface area (Å²) in [6.07, 6.45) is 10.6. The molecule has 4 rings (SSSR count). The standard InChI is InChI=1S/C19H31N3O/c1-18-9-7-13(21-22-20)11-12(18)3-4-14-15-5-6-17(23)19(15,2)10-8-16(14)18/h12-16H,3-11H2,1-2H3,(H2,20,21)/t12-,13?,14?,15?,16?,18-,19-/m0/s1. The summed E-state index contributed by atoms with van der Waals surface area (Å²) in [4.78, 5) is 12.4. The molecule has 7 atom stereocenters. The van der Waals surface area contributed by atoms with E-state index in [0.717, 1.165) is 43.4 Å². The maximum absolute atomic E-state index is 12.4. The maximum Gasteiger partial charge on any atom is 0.139 e. The number of nitrogens with two attached hydrogens (primary N) is 1. The third kappa shape index (κ3) is 2.12. The SMILES string of the molecule is C[C@]12CCC3C(CC[C@H]4CC(N=NN)CC[C@]34C)C1CCC2=O. The lowest BCUT2D eigenvalue weighted by molar-refractivity contribution is -0.139. The van der Waals surface area contributed by atoms with E-state index in [1.807, 2.05) is 0 Å². The molecule has 0 amide bonds. The summed E-state index contributed by atoms with van der Waals surface area (Å²) in [7, 11) is 0. The minimum absolute atomic E-state index is 0.00925. The van der Waals surface area contributed by atoms with E-state index in [1.165, 1.54) is 32.1 Å². The zero-order valence-electron chi connectivity index (χ0n) is 14.6. The van der Waals surface area contributed by atoms with E-state index in [2.05, 4.69) is 24.2 Å². The highest BCUT2D eigenvalue weighted by Crippen LogP contribution is 2.65. The molecule has 128 valence electrons. The van der Waals surface area contributed by atoms with Gasteiger partial charge in [0.1, 0.15) is 5.78 Å². The first-order valence-corrected chi connectivity index (χ1v) is 9.62. The zero-order valence-corrected chi connectivity index (χ0v) is 14.6. The first kappa shape index (κ1) is 15.6. The van der Waals surface area contributed by atoms with Crippen molar-refractivity contribution < 1.29 is 4.79 Å². The molecule has 0 heterocycles. The highest BCUT2D eigenvalue weighted by Gasteiger charge is 2.60. The number of carbonyl (C=O) groups excluding carboxylic acids is 1. The molecule has 0 aromatic carbocycles. The molecular formula is C19H31N3O. The van der Waals surface area contributed by atoms with Crippen molar-refractivity contribution in [2.75, 3.05) is 0 Å². The fourth-order valence-electron chi connectivity index (χ4n) is 7.21. The number of hydrogen-bond acceptors (Lipinski definition) is 3. The van der Waals surface area contributed by atoms with Crippen molar-refractivity contribution in [2.45, 2.75) is 77.7 Å². The predicted octanol–water partition coefficient (Wildman–Crippen LogP) is 4.29. The molecule has 4 aliphatic carbocycles. The topological polar surface area (TPSA) is 67.8 Å². The van der Waals surface area contributed by atoms with Crippen molar-refractivity contribution in [3.05, 3.63) is 0 Å². The van der Waals surface area contributed by atoms with Gasteiger partial charge in [0.05, 0.1) is 6.04 Å². The van der Waals surface area contributed by atoms with Crippen molar-refractivity contribution in [1.82, 2.24) is 0 Å². The Hall–Kier alpha value is -0.930. The predicted molar refractivity (Wildman–Crippen MR) is 89.6 cm³/mol. The number of nitrogens with zero attached hydrogens (tertiary/aromatic N) is 2. The molecule has 0 bridgehead atoms. The molecule has 4 saturated carbocycles. The minimum Gasteiger partial charge on any atom is -0.305 e. The Bertz CT molecular complexity index is 533. The molecule has 4 heteroatoms. The summed E-state index contributed by atoms with van der Waals surface area (Å²) in [5, 5.41) is 7.79. The van der Waals surface area contributed by atoms with Crippen molar-refractivity contribution in [3.8, 4) is 0 Å². The van der Waals surface area contributed by atoms with Crippen LogP contribution in [-0.4, -0.2) is 11.8 Å². The van der Waals surface area contributed by atoms with Crippen LogP contribution in [0.15, 0.2) is 10.3 Å². The van der Waals surface area contributed by atoms with Gasteiger partial charge in [-0.1, -0.05) is 19.1 Å². The van der Waals surface area contributed by atoms with Crippen LogP contribution in [0.2, 0.25) is 0 Å². The quantitative estimate of drug-likeness (QED) is 0.445. The van der Waals surface area contributed by atoms with Crippen molar-refractivity contribution >= 4 is 5.78 Å². The highest BCUT2D eigenvalue weighted by atomic mass is 16.1. The van der Waals surface area contributed by atoms with Crippen molar-refractivity contribution in [3.63, 3.8) is 0 Å². The second kappa shape index (κ2) is 5.29. The van der Waals surface area contributed by atoms with Crippen LogP contribution in [0.5, 0.6) is 0 Å². The molecule has 4 fully saturated rings. The first-order chi connectivity index (χ1) is 11.0. The Labute approximate surface area is 139 Å². The average Bonchev–Trinajstić information content (AvgIpc) is 2.84. The average molecular weight is 317 g/mol. The van der Waals surface area contributed by atoms with Crippen molar-refractivity contribution in [1.29, 1.82) is 0 Å². The largest absolute Gasteiger partial charge is 0.305 e. The van der Waals surface area contributed by atoms with Gasteiger partial charge in [-0.25, -0.2) is 0 Å². The van der Waals surface area contributed by atoms with Crippen LogP contribution in [0, 0.1) is 34.5 Å². The van der Waals surface area contributed by atoms with Gasteiger partial charge < -0.3 is 5.84 Å². The lowest BCUT2D eigenvalue weighted by atomic mass is 9.45. The van der Waals surface area contributed by atoms with Crippen LogP contribution in [0.4, 0.5) is 0 Å². The van der Waals surface area contributed by atoms with Gasteiger partial charge in [-0.15, -0.1) is 0 Å². The van der Waals surface area contributed by atoms with Crippen LogP contribution in [0.25, 0.3) is 0 Å². The van der Waals surface area contributed by atoms with Gasteiger partial charge >= 0.3 is 0 Å². The van der Waals surface area contributed by atoms with Gasteiger partial charge in [0.15, 0.2) is 0 Å². The molecule has 2 N–H and O–H groups in total. The van der Waals surface area contributed by atoms with Gasteiger partial charge in [0, 0.05) is 11.8 Å². The fraction of sp³-hybridized carbons (Fsp3) is 0.947. The Morgan fingerprint density at radius 1 is 1.04 bits per heavy atom. The van der Waals surface area contributed by atoms with E-state index in [0.29, 0.717) is 23.2 Å². The Morgan fingerprint density at radius 2 is 1.87 bits per heavy atom. The Kier molecular flexibility index (Phi) is 3.58. The summed E-state index contributed by atoms with van der Waals surface area (Å²) in [5.74, 6) is 8.87. The summed E-state index contributed by atoms with van der Waals surface area (Å²) in [5.41, 5.74) is 0.464. The van der Waals surface area contributed by atoms with Crippen LogP contribution < -0.4 is 5.84 Å². The van der Waals surface area contributed by atoms with Gasteiger partial charge in [-0.2, -0.15) is 5.11 Å². The van der Waals surface area contributed by atoms with Crippen LogP contribution >= 0.6 is 0 Å². The summed E-state index contributed by atoms with van der Waals surface area (Å²) >= 11 is 0. The van der Waals surface area contributed by atoms with Crippen LogP contribution in [0.3, 0.4) is 0 Å². The smallest absolute Gasteiger partial charge is 0.139 e. The zero-order chi connectivity index (χ0) is 16.2. The molecular weight excluding hydrogens is 286 g/mol. The van der Waals surface area contributed by atoms with E-state index in [1.54, 1.807) is 0 Å². The first-order valence-electron chi connectivity index (χ1n) is 9.62. The van der Waals surface area contributed by atoms with Crippen molar-refractivity contribution in [2.24, 2.45) is 50.7 Å². The molecule has 0 aliphatic heterocycles. The monoisotopic (exact) mass is 317 g/mol. The third-order valence-corrected chi connectivity index (χ3v) is 8.58. The van der Waals surface area contributed by atoms with Gasteiger partial charge in [0.2, 0.25) is 0 Å². The normalized spacial score (nSPS) is 53.0. The van der Waals surface area contributed by atoms with E-state index >= 15 is 0 Å². The molecule has 4 aliphatic rings. The van der Waals surface area contributed by atoms with Gasteiger partial charge in [0.25, 0.3) is 0 Å². The minimum atomic E-state index is 0.00925. The summed E-state index contributed by atoms with van der Waals surface area (Å²) in [6.45, 7) is 4.82. The number of hydrogen-bond donors (Lipinski definition) is 1. The highest BCUT2D eigenvalue weighted by molar-refractivity contribution is 5.87. The molecule has 0 radical (unpaired) electrons. The summed E-state index contributed by atoms with van der Waals surface area (Å²) < 4.78 is 0. The summed E-state index contributed by atoms with van der Waals surface area (Å²) in [6, 6.07) is 0.344. The van der Waals surface area contributed by atoms with Crippen LogP contribution in [-0.2, 0) is 4.79 Å². The number of Topliss-reactive ketones (excluding diaryl/α,β-unsaturated/α-hetero) is 1. The molecule has 0 saturated heterocycles.